The lowest BCUT2D eigenvalue weighted by Gasteiger charge is -2.24. The maximum Gasteiger partial charge on any atom is 0.335 e. The van der Waals surface area contributed by atoms with Crippen LogP contribution in [0.2, 0.25) is 0 Å². The molecule has 0 radical (unpaired) electrons. The van der Waals surface area contributed by atoms with Gasteiger partial charge in [-0.15, -0.1) is 0 Å². The molecule has 0 amide bonds. The first-order valence-electron chi connectivity index (χ1n) is 9.88. The maximum atomic E-state index is 14.3. The number of ketones is 1. The van der Waals surface area contributed by atoms with E-state index in [1.54, 1.807) is 19.2 Å². The Balaban J connectivity index is 2.08. The van der Waals surface area contributed by atoms with E-state index < -0.39 is 11.8 Å². The average molecular weight is 425 g/mol. The third kappa shape index (κ3) is 4.80. The molecule has 0 atom stereocenters. The minimum Gasteiger partial charge on any atom is -0.511 e. The Kier molecular flexibility index (Phi) is 6.81. The minimum absolute atomic E-state index is 0.000951. The minimum atomic E-state index is -1.05. The standard InChI is InChI=1S/C23H24FN3O4/c1-26-18-11-15(24)10-17-16(18)12-20(29)21(22(17)27-8-2-7-25)19(28)9-13-3-5-14(6-4-13)23(30)31/h3-6,10-11,26,28H,2,7-9,12,25H2,1H3,(H,30,31). The summed E-state index contributed by atoms with van der Waals surface area (Å²) >= 11 is 0. The van der Waals surface area contributed by atoms with Crippen LogP contribution in [-0.4, -0.2) is 47.8 Å². The number of carbonyl (C=O) groups excluding carboxylic acids is 1. The van der Waals surface area contributed by atoms with Gasteiger partial charge in [0, 0.05) is 37.7 Å². The van der Waals surface area contributed by atoms with Crippen LogP contribution in [0.4, 0.5) is 10.1 Å². The highest BCUT2D eigenvalue weighted by Gasteiger charge is 2.32. The third-order valence-electron chi connectivity index (χ3n) is 5.09. The van der Waals surface area contributed by atoms with Crippen molar-refractivity contribution >= 4 is 23.2 Å². The summed E-state index contributed by atoms with van der Waals surface area (Å²) in [7, 11) is 1.65. The molecule has 5 N–H and O–H groups in total. The van der Waals surface area contributed by atoms with Gasteiger partial charge in [0.15, 0.2) is 5.78 Å². The Morgan fingerprint density at radius 1 is 1.23 bits per heavy atom. The van der Waals surface area contributed by atoms with Gasteiger partial charge >= 0.3 is 5.97 Å². The van der Waals surface area contributed by atoms with Gasteiger partial charge in [0.05, 0.1) is 16.8 Å². The monoisotopic (exact) mass is 425 g/mol. The maximum absolute atomic E-state index is 14.3. The van der Waals surface area contributed by atoms with Gasteiger partial charge in [0.25, 0.3) is 0 Å². The lowest BCUT2D eigenvalue weighted by molar-refractivity contribution is -0.114. The number of carboxylic acids is 1. The van der Waals surface area contributed by atoms with Crippen LogP contribution < -0.4 is 11.1 Å². The van der Waals surface area contributed by atoms with Crippen LogP contribution in [0.5, 0.6) is 0 Å². The molecule has 0 bridgehead atoms. The SMILES string of the molecule is CNc1cc(F)cc2c1CC(=O)C(=C(O)Cc1ccc(C(=O)O)cc1)C2=NCCCN. The number of fused-ring (bicyclic) bond motifs is 1. The van der Waals surface area contributed by atoms with Crippen LogP contribution >= 0.6 is 0 Å². The fourth-order valence-corrected chi connectivity index (χ4v) is 3.57. The molecule has 0 heterocycles. The second-order valence-corrected chi connectivity index (χ2v) is 7.20. The summed E-state index contributed by atoms with van der Waals surface area (Å²) in [5, 5.41) is 22.8. The van der Waals surface area contributed by atoms with Gasteiger partial charge in [-0.3, -0.25) is 9.79 Å². The summed E-state index contributed by atoms with van der Waals surface area (Å²) in [6.45, 7) is 0.734. The highest BCUT2D eigenvalue weighted by atomic mass is 19.1. The van der Waals surface area contributed by atoms with Crippen molar-refractivity contribution in [3.63, 3.8) is 0 Å². The van der Waals surface area contributed by atoms with Gasteiger partial charge in [0.2, 0.25) is 0 Å². The van der Waals surface area contributed by atoms with Crippen molar-refractivity contribution in [2.45, 2.75) is 19.3 Å². The second kappa shape index (κ2) is 9.53. The molecule has 3 rings (SSSR count). The molecule has 0 saturated heterocycles. The Morgan fingerprint density at radius 2 is 1.94 bits per heavy atom. The van der Waals surface area contributed by atoms with Crippen LogP contribution in [0.1, 0.15) is 33.5 Å². The number of Topliss-reactive ketones (excluding diaryl/α,β-unsaturated/α-hetero) is 1. The molecule has 2 aromatic carbocycles. The molecule has 162 valence electrons. The van der Waals surface area contributed by atoms with E-state index in [1.807, 2.05) is 0 Å². The Bertz CT molecular complexity index is 1070. The van der Waals surface area contributed by atoms with E-state index in [0.29, 0.717) is 41.9 Å². The predicted molar refractivity (Wildman–Crippen MR) is 116 cm³/mol. The number of aliphatic imine (C=N–C) groups is 1. The molecule has 1 aliphatic rings. The van der Waals surface area contributed by atoms with Gasteiger partial charge in [-0.05, 0) is 48.4 Å². The van der Waals surface area contributed by atoms with Crippen LogP contribution in [0.25, 0.3) is 0 Å². The molecule has 2 aromatic rings. The Hall–Kier alpha value is -3.52. The zero-order chi connectivity index (χ0) is 22.5. The number of hydrogen-bond acceptors (Lipinski definition) is 6. The van der Waals surface area contributed by atoms with E-state index >= 15 is 0 Å². The summed E-state index contributed by atoms with van der Waals surface area (Å²) in [6, 6.07) is 8.65. The molecule has 1 aliphatic carbocycles. The number of halogens is 1. The van der Waals surface area contributed by atoms with Crippen molar-refractivity contribution < 1.29 is 24.2 Å². The number of nitrogens with zero attached hydrogens (tertiary/aromatic N) is 1. The second-order valence-electron chi connectivity index (χ2n) is 7.20. The van der Waals surface area contributed by atoms with E-state index in [-0.39, 0.29) is 41.2 Å². The van der Waals surface area contributed by atoms with E-state index in [4.69, 9.17) is 10.8 Å². The first-order chi connectivity index (χ1) is 14.8. The van der Waals surface area contributed by atoms with E-state index in [0.717, 1.165) is 0 Å². The van der Waals surface area contributed by atoms with Crippen LogP contribution in [-0.2, 0) is 17.6 Å². The van der Waals surface area contributed by atoms with Crippen LogP contribution in [0.3, 0.4) is 0 Å². The summed E-state index contributed by atoms with van der Waals surface area (Å²) < 4.78 is 14.3. The normalized spacial score (nSPS) is 16.2. The molecule has 8 heteroatoms. The number of allylic oxidation sites excluding steroid dienone is 2. The number of anilines is 1. The van der Waals surface area contributed by atoms with Crippen LogP contribution in [0.15, 0.2) is 52.7 Å². The number of rotatable bonds is 7. The highest BCUT2D eigenvalue weighted by Crippen LogP contribution is 2.32. The fourth-order valence-electron chi connectivity index (χ4n) is 3.57. The summed E-state index contributed by atoms with van der Waals surface area (Å²) in [5.74, 6) is -2.04. The average Bonchev–Trinajstić information content (AvgIpc) is 2.74. The number of nitrogens with one attached hydrogen (secondary N) is 1. The Morgan fingerprint density at radius 3 is 2.55 bits per heavy atom. The number of carboxylic acid groups (broad SMARTS) is 1. The van der Waals surface area contributed by atoms with Gasteiger partial charge in [-0.25, -0.2) is 9.18 Å². The lowest BCUT2D eigenvalue weighted by Crippen LogP contribution is -2.28. The zero-order valence-corrected chi connectivity index (χ0v) is 17.1. The Labute approximate surface area is 179 Å². The first kappa shape index (κ1) is 22.2. The van der Waals surface area contributed by atoms with Crippen molar-refractivity contribution in [3.05, 3.63) is 75.8 Å². The molecular formula is C23H24FN3O4. The summed E-state index contributed by atoms with van der Waals surface area (Å²) in [6.07, 6.45) is 0.589. The summed E-state index contributed by atoms with van der Waals surface area (Å²) in [5.41, 5.74) is 8.20. The molecule has 0 aromatic heterocycles. The molecule has 31 heavy (non-hydrogen) atoms. The zero-order valence-electron chi connectivity index (χ0n) is 17.1. The van der Waals surface area contributed by atoms with Crippen molar-refractivity contribution in [2.24, 2.45) is 10.7 Å². The first-order valence-corrected chi connectivity index (χ1v) is 9.88. The van der Waals surface area contributed by atoms with Gasteiger partial charge in [-0.1, -0.05) is 12.1 Å². The smallest absolute Gasteiger partial charge is 0.335 e. The number of aliphatic hydroxyl groups is 1. The molecule has 0 fully saturated rings. The van der Waals surface area contributed by atoms with Crippen molar-refractivity contribution in [1.29, 1.82) is 0 Å². The topological polar surface area (TPSA) is 125 Å². The van der Waals surface area contributed by atoms with Gasteiger partial charge < -0.3 is 21.3 Å². The molecular weight excluding hydrogens is 401 g/mol. The quantitative estimate of drug-likeness (QED) is 0.307. The van der Waals surface area contributed by atoms with Gasteiger partial charge in [-0.2, -0.15) is 0 Å². The molecule has 0 aliphatic heterocycles. The molecule has 0 saturated carbocycles. The highest BCUT2D eigenvalue weighted by molar-refractivity contribution is 6.32. The lowest BCUT2D eigenvalue weighted by atomic mass is 9.82. The number of nitrogens with two attached hydrogens (primary N) is 1. The number of aromatic carboxylic acids is 1. The number of aliphatic hydroxyl groups excluding tert-OH is 1. The van der Waals surface area contributed by atoms with E-state index in [2.05, 4.69) is 10.3 Å². The largest absolute Gasteiger partial charge is 0.511 e. The van der Waals surface area contributed by atoms with Crippen LogP contribution in [0, 0.1) is 5.82 Å². The van der Waals surface area contributed by atoms with Crippen molar-refractivity contribution in [1.82, 2.24) is 0 Å². The molecule has 7 nitrogen and oxygen atoms in total. The number of hydrogen-bond donors (Lipinski definition) is 4. The van der Waals surface area contributed by atoms with E-state index in [9.17, 15) is 19.1 Å². The van der Waals surface area contributed by atoms with Crippen molar-refractivity contribution in [2.75, 3.05) is 25.5 Å². The number of benzene rings is 2. The number of carbonyl (C=O) groups is 2. The third-order valence-corrected chi connectivity index (χ3v) is 5.09. The fraction of sp³-hybridized carbons (Fsp3) is 0.261. The summed E-state index contributed by atoms with van der Waals surface area (Å²) in [4.78, 5) is 28.5. The van der Waals surface area contributed by atoms with E-state index in [1.165, 1.54) is 24.3 Å². The van der Waals surface area contributed by atoms with Gasteiger partial charge in [0.1, 0.15) is 11.6 Å². The molecule has 0 spiro atoms. The predicted octanol–water partition coefficient (Wildman–Crippen LogP) is 2.88. The molecule has 0 unspecified atom stereocenters. The van der Waals surface area contributed by atoms with Crippen molar-refractivity contribution in [3.8, 4) is 0 Å².